The summed E-state index contributed by atoms with van der Waals surface area (Å²) in [5.41, 5.74) is 0. The summed E-state index contributed by atoms with van der Waals surface area (Å²) >= 11 is 3.30. The molecule has 0 saturated heterocycles. The molecule has 0 fully saturated rings. The van der Waals surface area contributed by atoms with Crippen LogP contribution in [0, 0.1) is 0 Å². The van der Waals surface area contributed by atoms with Crippen LogP contribution in [-0.4, -0.2) is 27.4 Å². The van der Waals surface area contributed by atoms with Gasteiger partial charge in [-0.3, -0.25) is 0 Å². The number of methoxy groups -OCH3 is 2. The van der Waals surface area contributed by atoms with Crippen molar-refractivity contribution in [2.75, 3.05) is 27.4 Å². The lowest BCUT2D eigenvalue weighted by molar-refractivity contribution is 0.170. The van der Waals surface area contributed by atoms with E-state index in [0.717, 1.165) is 10.9 Å². The van der Waals surface area contributed by atoms with Crippen LogP contribution in [-0.2, 0) is 4.74 Å². The average Bonchev–Trinajstić information content (AvgIpc) is 2.26. The van der Waals surface area contributed by atoms with Gasteiger partial charge in [0, 0.05) is 24.6 Å². The van der Waals surface area contributed by atoms with Crippen molar-refractivity contribution >= 4 is 15.9 Å². The second kappa shape index (κ2) is 6.69. The summed E-state index contributed by atoms with van der Waals surface area (Å²) in [5, 5.41) is 0. The van der Waals surface area contributed by atoms with Crippen molar-refractivity contribution in [3.05, 3.63) is 22.7 Å². The Bertz CT molecular complexity index is 382. The van der Waals surface area contributed by atoms with Crippen LogP contribution in [0.4, 0.5) is 0 Å². The maximum absolute atomic E-state index is 7.09. The zero-order valence-electron chi connectivity index (χ0n) is 11.5. The Balaban J connectivity index is 2.71. The molecule has 0 aromatic heterocycles. The summed E-state index contributed by atoms with van der Waals surface area (Å²) in [4.78, 5) is 0. The van der Waals surface area contributed by atoms with Gasteiger partial charge in [0.2, 0.25) is 0 Å². The molecular formula is C11H15BrO3. The summed E-state index contributed by atoms with van der Waals surface area (Å²) in [6.07, 6.45) is 0.718. The molecule has 0 spiro atoms. The molecule has 3 nitrogen and oxygen atoms in total. The van der Waals surface area contributed by atoms with Gasteiger partial charge in [-0.15, -0.1) is 0 Å². The Labute approximate surface area is 103 Å². The minimum absolute atomic E-state index is 0.204. The smallest absolute Gasteiger partial charge is 0.162 e. The molecule has 0 saturated carbocycles. The second-order valence-corrected chi connectivity index (χ2v) is 3.80. The minimum atomic E-state index is -2.49. The van der Waals surface area contributed by atoms with E-state index in [1.807, 2.05) is 0 Å². The summed E-state index contributed by atoms with van der Waals surface area (Å²) < 4.78 is 37.3. The fourth-order valence-corrected chi connectivity index (χ4v) is 1.40. The van der Waals surface area contributed by atoms with E-state index in [-0.39, 0.29) is 5.75 Å². The standard InChI is InChI=1S/C11H15BrO3/c1-13-6-3-7-15-11-8-9(12)4-5-10(11)14-2/h4-5,8H,3,6-7H2,1-2H3/i2D3. The third-order valence-electron chi connectivity index (χ3n) is 1.77. The van der Waals surface area contributed by atoms with Gasteiger partial charge in [-0.2, -0.15) is 0 Å². The molecule has 1 rings (SSSR count). The largest absolute Gasteiger partial charge is 0.493 e. The average molecular weight is 278 g/mol. The number of halogens is 1. The van der Waals surface area contributed by atoms with Gasteiger partial charge in [-0.1, -0.05) is 15.9 Å². The molecular weight excluding hydrogens is 260 g/mol. The molecule has 0 aliphatic carbocycles. The highest BCUT2D eigenvalue weighted by atomic mass is 79.9. The Kier molecular flexibility index (Phi) is 3.75. The lowest BCUT2D eigenvalue weighted by Crippen LogP contribution is -2.02. The van der Waals surface area contributed by atoms with Crippen LogP contribution in [0.1, 0.15) is 10.5 Å². The van der Waals surface area contributed by atoms with Crippen LogP contribution in [0.25, 0.3) is 0 Å². The van der Waals surface area contributed by atoms with Crippen molar-refractivity contribution < 1.29 is 18.3 Å². The Morgan fingerprint density at radius 2 is 2.20 bits per heavy atom. The zero-order valence-corrected chi connectivity index (χ0v) is 10.0. The second-order valence-electron chi connectivity index (χ2n) is 2.89. The molecule has 1 aromatic carbocycles. The number of rotatable bonds is 6. The molecule has 0 amide bonds. The van der Waals surface area contributed by atoms with Crippen LogP contribution in [0.2, 0.25) is 0 Å². The highest BCUT2D eigenvalue weighted by molar-refractivity contribution is 9.10. The number of benzene rings is 1. The van der Waals surface area contributed by atoms with Crippen LogP contribution >= 0.6 is 15.9 Å². The fourth-order valence-electron chi connectivity index (χ4n) is 1.06. The van der Waals surface area contributed by atoms with E-state index in [0.29, 0.717) is 19.0 Å². The van der Waals surface area contributed by atoms with Crippen molar-refractivity contribution in [3.63, 3.8) is 0 Å². The molecule has 0 N–H and O–H groups in total. The van der Waals surface area contributed by atoms with Gasteiger partial charge in [0.15, 0.2) is 11.5 Å². The molecule has 15 heavy (non-hydrogen) atoms. The highest BCUT2D eigenvalue weighted by Crippen LogP contribution is 2.30. The monoisotopic (exact) mass is 277 g/mol. The van der Waals surface area contributed by atoms with Crippen molar-refractivity contribution in [2.24, 2.45) is 0 Å². The first-order chi connectivity index (χ1) is 8.42. The van der Waals surface area contributed by atoms with Crippen LogP contribution in [0.3, 0.4) is 0 Å². The third-order valence-corrected chi connectivity index (χ3v) is 2.26. The van der Waals surface area contributed by atoms with E-state index in [2.05, 4.69) is 15.9 Å². The van der Waals surface area contributed by atoms with Gasteiger partial charge in [0.25, 0.3) is 0 Å². The first-order valence-electron chi connectivity index (χ1n) is 6.02. The van der Waals surface area contributed by atoms with Crippen LogP contribution < -0.4 is 9.47 Å². The first kappa shape index (κ1) is 8.42. The van der Waals surface area contributed by atoms with Gasteiger partial charge >= 0.3 is 0 Å². The quantitative estimate of drug-likeness (QED) is 0.749. The Morgan fingerprint density at radius 1 is 1.33 bits per heavy atom. The molecule has 0 bridgehead atoms. The number of ether oxygens (including phenoxy) is 3. The van der Waals surface area contributed by atoms with Gasteiger partial charge < -0.3 is 14.2 Å². The van der Waals surface area contributed by atoms with Crippen molar-refractivity contribution in [1.29, 1.82) is 0 Å². The molecule has 84 valence electrons. The molecule has 0 aliphatic heterocycles. The van der Waals surface area contributed by atoms with Crippen molar-refractivity contribution in [2.45, 2.75) is 6.42 Å². The maximum Gasteiger partial charge on any atom is 0.162 e. The summed E-state index contributed by atoms with van der Waals surface area (Å²) in [7, 11) is -0.874. The lowest BCUT2D eigenvalue weighted by Gasteiger charge is -2.10. The van der Waals surface area contributed by atoms with E-state index in [4.69, 9.17) is 18.3 Å². The fraction of sp³-hybridized carbons (Fsp3) is 0.455. The molecule has 4 heteroatoms. The SMILES string of the molecule is [2H]C([2H])([2H])Oc1ccc(Br)cc1OCCCOC. The van der Waals surface area contributed by atoms with Crippen LogP contribution in [0.5, 0.6) is 11.5 Å². The zero-order chi connectivity index (χ0) is 13.6. The molecule has 0 aliphatic rings. The summed E-state index contributed by atoms with van der Waals surface area (Å²) in [6, 6.07) is 4.93. The van der Waals surface area contributed by atoms with E-state index in [1.165, 1.54) is 0 Å². The minimum Gasteiger partial charge on any atom is -0.493 e. The summed E-state index contributed by atoms with van der Waals surface area (Å²) in [5.74, 6) is 0.604. The maximum atomic E-state index is 7.09. The normalized spacial score (nSPS) is 13.9. The lowest BCUT2D eigenvalue weighted by atomic mass is 10.3. The predicted octanol–water partition coefficient (Wildman–Crippen LogP) is 2.87. The molecule has 0 atom stereocenters. The van der Waals surface area contributed by atoms with Gasteiger partial charge in [0.05, 0.1) is 17.8 Å². The first-order valence-corrected chi connectivity index (χ1v) is 5.32. The molecule has 0 unspecified atom stereocenters. The number of hydrogen-bond donors (Lipinski definition) is 0. The van der Waals surface area contributed by atoms with Crippen molar-refractivity contribution in [3.8, 4) is 11.5 Å². The molecule has 0 heterocycles. The van der Waals surface area contributed by atoms with Gasteiger partial charge in [0.1, 0.15) is 0 Å². The van der Waals surface area contributed by atoms with Gasteiger partial charge in [-0.25, -0.2) is 0 Å². The topological polar surface area (TPSA) is 27.7 Å². The third kappa shape index (κ3) is 4.10. The Hall–Kier alpha value is -0.740. The molecule has 1 aromatic rings. The highest BCUT2D eigenvalue weighted by Gasteiger charge is 2.04. The van der Waals surface area contributed by atoms with E-state index < -0.39 is 7.04 Å². The van der Waals surface area contributed by atoms with Gasteiger partial charge in [-0.05, 0) is 18.2 Å². The van der Waals surface area contributed by atoms with E-state index in [9.17, 15) is 0 Å². The summed E-state index contributed by atoms with van der Waals surface area (Å²) in [6.45, 7) is 1.02. The predicted molar refractivity (Wildman–Crippen MR) is 62.7 cm³/mol. The molecule has 0 radical (unpaired) electrons. The van der Waals surface area contributed by atoms with Crippen molar-refractivity contribution in [1.82, 2.24) is 0 Å². The Morgan fingerprint density at radius 3 is 2.93 bits per heavy atom. The van der Waals surface area contributed by atoms with E-state index in [1.54, 1.807) is 25.3 Å². The van der Waals surface area contributed by atoms with Crippen LogP contribution in [0.15, 0.2) is 22.7 Å². The van der Waals surface area contributed by atoms with E-state index >= 15 is 0 Å². The number of hydrogen-bond acceptors (Lipinski definition) is 3.